The molecule has 0 spiro atoms. The second kappa shape index (κ2) is 6.71. The lowest BCUT2D eigenvalue weighted by Crippen LogP contribution is -2.40. The third-order valence-corrected chi connectivity index (χ3v) is 4.08. The van der Waals surface area contributed by atoms with Crippen molar-refractivity contribution in [1.29, 1.82) is 0 Å². The summed E-state index contributed by atoms with van der Waals surface area (Å²) >= 11 is 6.15. The molecular formula is C10H9Br2F3O5S. The summed E-state index contributed by atoms with van der Waals surface area (Å²) in [6.07, 6.45) is -7.66. The largest absolute Gasteiger partial charge is 0.494 e. The van der Waals surface area contributed by atoms with Gasteiger partial charge in [-0.3, -0.25) is 4.55 Å². The molecule has 0 aromatic heterocycles. The van der Waals surface area contributed by atoms with Crippen molar-refractivity contribution < 1.29 is 35.6 Å². The van der Waals surface area contributed by atoms with Gasteiger partial charge >= 0.3 is 6.18 Å². The van der Waals surface area contributed by atoms with Crippen molar-refractivity contribution in [3.8, 4) is 11.5 Å². The zero-order valence-electron chi connectivity index (χ0n) is 10.3. The Bertz CT molecular complexity index is 595. The van der Waals surface area contributed by atoms with Gasteiger partial charge in [0, 0.05) is 0 Å². The van der Waals surface area contributed by atoms with E-state index in [9.17, 15) is 21.6 Å². The highest BCUT2D eigenvalue weighted by Crippen LogP contribution is 2.38. The van der Waals surface area contributed by atoms with Crippen molar-refractivity contribution in [3.63, 3.8) is 0 Å². The van der Waals surface area contributed by atoms with Crippen LogP contribution in [0.4, 0.5) is 13.2 Å². The Morgan fingerprint density at radius 3 is 2.10 bits per heavy atom. The molecule has 0 aliphatic rings. The summed E-state index contributed by atoms with van der Waals surface area (Å²) in [6, 6.07) is 2.37. The quantitative estimate of drug-likeness (QED) is 0.686. The maximum absolute atomic E-state index is 12.7. The SMILES string of the molecule is COc1c(Br)cc(OC(CS(=O)(=O)O)C(F)(F)F)cc1Br. The zero-order chi connectivity index (χ0) is 16.4. The summed E-state index contributed by atoms with van der Waals surface area (Å²) in [7, 11) is -3.49. The van der Waals surface area contributed by atoms with E-state index >= 15 is 0 Å². The fourth-order valence-electron chi connectivity index (χ4n) is 1.35. The van der Waals surface area contributed by atoms with Crippen molar-refractivity contribution in [3.05, 3.63) is 21.1 Å². The molecule has 11 heteroatoms. The fourth-order valence-corrected chi connectivity index (χ4v) is 3.46. The van der Waals surface area contributed by atoms with Crippen molar-refractivity contribution >= 4 is 42.0 Å². The summed E-state index contributed by atoms with van der Waals surface area (Å²) in [5, 5.41) is 0. The van der Waals surface area contributed by atoms with Gasteiger partial charge in [0.2, 0.25) is 6.10 Å². The standard InChI is InChI=1S/C10H9Br2F3O5S/c1-19-9-6(11)2-5(3-7(9)12)20-8(10(13,14)15)4-21(16,17)18/h2-3,8H,4H2,1H3,(H,16,17,18). The monoisotopic (exact) mass is 456 g/mol. The van der Waals surface area contributed by atoms with Crippen LogP contribution in [0.1, 0.15) is 0 Å². The summed E-state index contributed by atoms with van der Waals surface area (Å²) in [5.74, 6) is -1.51. The number of hydrogen-bond acceptors (Lipinski definition) is 4. The lowest BCUT2D eigenvalue weighted by molar-refractivity contribution is -0.188. The predicted molar refractivity (Wildman–Crippen MR) is 75.3 cm³/mol. The van der Waals surface area contributed by atoms with Crippen LogP contribution in [0, 0.1) is 0 Å². The van der Waals surface area contributed by atoms with Crippen LogP contribution >= 0.6 is 31.9 Å². The number of halogens is 5. The summed E-state index contributed by atoms with van der Waals surface area (Å²) in [6.45, 7) is 0. The molecule has 120 valence electrons. The van der Waals surface area contributed by atoms with Crippen LogP contribution < -0.4 is 9.47 Å². The average Bonchev–Trinajstić information content (AvgIpc) is 2.24. The van der Waals surface area contributed by atoms with E-state index in [2.05, 4.69) is 36.6 Å². The van der Waals surface area contributed by atoms with Crippen LogP contribution in [0.25, 0.3) is 0 Å². The van der Waals surface area contributed by atoms with Gasteiger partial charge in [-0.05, 0) is 44.0 Å². The molecule has 1 rings (SSSR count). The number of hydrogen-bond donors (Lipinski definition) is 1. The van der Waals surface area contributed by atoms with Crippen LogP contribution in [0.3, 0.4) is 0 Å². The molecule has 1 atom stereocenters. The van der Waals surface area contributed by atoms with Gasteiger partial charge in [0.1, 0.15) is 17.3 Å². The average molecular weight is 458 g/mol. The molecule has 0 bridgehead atoms. The van der Waals surface area contributed by atoms with Crippen LogP contribution in [0.15, 0.2) is 21.1 Å². The Kier molecular flexibility index (Phi) is 5.92. The first-order chi connectivity index (χ1) is 9.44. The smallest absolute Gasteiger partial charge is 0.426 e. The molecule has 1 N–H and O–H groups in total. The molecule has 0 saturated heterocycles. The van der Waals surface area contributed by atoms with Crippen LogP contribution in [-0.4, -0.2) is 38.1 Å². The first kappa shape index (κ1) is 18.5. The van der Waals surface area contributed by atoms with E-state index in [1.165, 1.54) is 19.2 Å². The Labute approximate surface area is 135 Å². The number of alkyl halides is 3. The van der Waals surface area contributed by atoms with E-state index in [-0.39, 0.29) is 5.75 Å². The molecule has 5 nitrogen and oxygen atoms in total. The van der Waals surface area contributed by atoms with Gasteiger partial charge in [0.15, 0.2) is 0 Å². The molecule has 1 aromatic carbocycles. The molecule has 0 radical (unpaired) electrons. The molecule has 1 unspecified atom stereocenters. The van der Waals surface area contributed by atoms with E-state index in [1.807, 2.05) is 0 Å². The van der Waals surface area contributed by atoms with Crippen LogP contribution in [0.5, 0.6) is 11.5 Å². The third kappa shape index (κ3) is 5.64. The van der Waals surface area contributed by atoms with Gasteiger partial charge in [0.25, 0.3) is 10.1 Å². The first-order valence-electron chi connectivity index (χ1n) is 5.15. The fraction of sp³-hybridized carbons (Fsp3) is 0.400. The lowest BCUT2D eigenvalue weighted by Gasteiger charge is -2.21. The number of benzene rings is 1. The molecule has 0 aliphatic heterocycles. The van der Waals surface area contributed by atoms with Crippen molar-refractivity contribution in [1.82, 2.24) is 0 Å². The minimum atomic E-state index is -4.96. The molecule has 21 heavy (non-hydrogen) atoms. The Morgan fingerprint density at radius 2 is 1.76 bits per heavy atom. The van der Waals surface area contributed by atoms with Crippen LogP contribution in [-0.2, 0) is 10.1 Å². The van der Waals surface area contributed by atoms with E-state index < -0.39 is 28.2 Å². The molecule has 0 fully saturated rings. The molecular weight excluding hydrogens is 449 g/mol. The van der Waals surface area contributed by atoms with Crippen molar-refractivity contribution in [2.45, 2.75) is 12.3 Å². The lowest BCUT2D eigenvalue weighted by atomic mass is 10.3. The first-order valence-corrected chi connectivity index (χ1v) is 8.35. The van der Waals surface area contributed by atoms with E-state index in [1.54, 1.807) is 0 Å². The summed E-state index contributed by atoms with van der Waals surface area (Å²) in [5.41, 5.74) is 0. The second-order valence-corrected chi connectivity index (χ2v) is 7.02. The molecule has 0 saturated carbocycles. The Morgan fingerprint density at radius 1 is 1.29 bits per heavy atom. The van der Waals surface area contributed by atoms with Crippen LogP contribution in [0.2, 0.25) is 0 Å². The molecule has 0 heterocycles. The number of rotatable bonds is 5. The summed E-state index contributed by atoms with van der Waals surface area (Å²) < 4.78 is 78.3. The number of methoxy groups -OCH3 is 1. The van der Waals surface area contributed by atoms with Gasteiger partial charge < -0.3 is 9.47 Å². The maximum Gasteiger partial charge on any atom is 0.426 e. The summed E-state index contributed by atoms with van der Waals surface area (Å²) in [4.78, 5) is 0. The van der Waals surface area contributed by atoms with Gasteiger partial charge in [-0.25, -0.2) is 0 Å². The van der Waals surface area contributed by atoms with Gasteiger partial charge in [-0.2, -0.15) is 21.6 Å². The van der Waals surface area contributed by atoms with E-state index in [0.29, 0.717) is 14.7 Å². The van der Waals surface area contributed by atoms with E-state index in [4.69, 9.17) is 9.29 Å². The topological polar surface area (TPSA) is 72.8 Å². The Hall–Kier alpha value is -0.520. The number of ether oxygens (including phenoxy) is 2. The van der Waals surface area contributed by atoms with Gasteiger partial charge in [-0.15, -0.1) is 0 Å². The normalized spacial score (nSPS) is 13.9. The molecule has 0 aliphatic carbocycles. The predicted octanol–water partition coefficient (Wildman–Crippen LogP) is 3.42. The van der Waals surface area contributed by atoms with E-state index in [0.717, 1.165) is 0 Å². The zero-order valence-corrected chi connectivity index (χ0v) is 14.3. The maximum atomic E-state index is 12.7. The minimum absolute atomic E-state index is 0.250. The van der Waals surface area contributed by atoms with Gasteiger partial charge in [-0.1, -0.05) is 0 Å². The Balaban J connectivity index is 3.10. The van der Waals surface area contributed by atoms with Crippen molar-refractivity contribution in [2.24, 2.45) is 0 Å². The highest BCUT2D eigenvalue weighted by molar-refractivity contribution is 9.11. The third-order valence-electron chi connectivity index (χ3n) is 2.18. The molecule has 0 amide bonds. The second-order valence-electron chi connectivity index (χ2n) is 3.82. The highest BCUT2D eigenvalue weighted by Gasteiger charge is 2.44. The minimum Gasteiger partial charge on any atom is -0.494 e. The highest BCUT2D eigenvalue weighted by atomic mass is 79.9. The van der Waals surface area contributed by atoms with Crippen molar-refractivity contribution in [2.75, 3.05) is 12.9 Å². The van der Waals surface area contributed by atoms with Gasteiger partial charge in [0.05, 0.1) is 16.1 Å². The molecule has 1 aromatic rings.